The van der Waals surface area contributed by atoms with Crippen LogP contribution < -0.4 is 5.32 Å². The van der Waals surface area contributed by atoms with E-state index in [9.17, 15) is 0 Å². The third-order valence-corrected chi connectivity index (χ3v) is 4.10. The summed E-state index contributed by atoms with van der Waals surface area (Å²) >= 11 is 1.46. The number of rotatable bonds is 5. The van der Waals surface area contributed by atoms with Crippen molar-refractivity contribution in [2.24, 2.45) is 0 Å². The summed E-state index contributed by atoms with van der Waals surface area (Å²) in [4.78, 5) is 1.16. The van der Waals surface area contributed by atoms with Crippen molar-refractivity contribution in [3.8, 4) is 0 Å². The van der Waals surface area contributed by atoms with E-state index >= 15 is 0 Å². The predicted molar refractivity (Wildman–Crippen MR) is 84.0 cm³/mol. The molecule has 0 fully saturated rings. The average molecular weight is 283 g/mol. The van der Waals surface area contributed by atoms with Gasteiger partial charge in [0.1, 0.15) is 0 Å². The molecular formula is C16H17N3S. The van der Waals surface area contributed by atoms with Gasteiger partial charge in [0.15, 0.2) is 0 Å². The minimum atomic E-state index is 0.180. The summed E-state index contributed by atoms with van der Waals surface area (Å²) in [5.74, 6) is 0. The zero-order chi connectivity index (χ0) is 13.8. The maximum atomic E-state index is 3.99. The Morgan fingerprint density at radius 3 is 2.75 bits per heavy atom. The zero-order valence-electron chi connectivity index (χ0n) is 11.4. The van der Waals surface area contributed by atoms with Gasteiger partial charge in [-0.15, -0.1) is 5.10 Å². The number of nitrogens with one attached hydrogen (secondary N) is 1. The van der Waals surface area contributed by atoms with Crippen LogP contribution in [0.2, 0.25) is 0 Å². The minimum absolute atomic E-state index is 0.180. The lowest BCUT2D eigenvalue weighted by molar-refractivity contribution is 0.605. The molecule has 4 heteroatoms. The molecule has 1 atom stereocenters. The van der Waals surface area contributed by atoms with Gasteiger partial charge in [-0.3, -0.25) is 0 Å². The summed E-state index contributed by atoms with van der Waals surface area (Å²) in [6.45, 7) is 3.16. The van der Waals surface area contributed by atoms with E-state index in [1.807, 2.05) is 6.20 Å². The molecule has 0 saturated carbocycles. The third kappa shape index (κ3) is 2.71. The van der Waals surface area contributed by atoms with E-state index in [1.54, 1.807) is 0 Å². The standard InChI is InChI=1S/C16H17N3S/c1-2-9-17-16(15-11-18-19-20-15)14-8-7-12-5-3-4-6-13(12)10-14/h3-8,10-11,16-17H,2,9H2,1H3. The van der Waals surface area contributed by atoms with Gasteiger partial charge in [-0.05, 0) is 46.9 Å². The molecule has 102 valence electrons. The van der Waals surface area contributed by atoms with Crippen molar-refractivity contribution in [3.05, 3.63) is 59.1 Å². The number of aromatic nitrogens is 2. The van der Waals surface area contributed by atoms with E-state index in [2.05, 4.69) is 64.3 Å². The summed E-state index contributed by atoms with van der Waals surface area (Å²) in [6, 6.07) is 15.2. The van der Waals surface area contributed by atoms with Crippen LogP contribution in [0.3, 0.4) is 0 Å². The lowest BCUT2D eigenvalue weighted by Crippen LogP contribution is -2.22. The number of hydrogen-bond donors (Lipinski definition) is 1. The molecule has 3 aromatic rings. The van der Waals surface area contributed by atoms with Crippen molar-refractivity contribution < 1.29 is 0 Å². The van der Waals surface area contributed by atoms with Crippen LogP contribution in [-0.2, 0) is 0 Å². The van der Waals surface area contributed by atoms with E-state index < -0.39 is 0 Å². The van der Waals surface area contributed by atoms with Crippen LogP contribution in [0, 0.1) is 0 Å². The van der Waals surface area contributed by atoms with Gasteiger partial charge in [0.25, 0.3) is 0 Å². The first-order valence-corrected chi connectivity index (χ1v) is 7.65. The monoisotopic (exact) mass is 283 g/mol. The van der Waals surface area contributed by atoms with Crippen molar-refractivity contribution in [1.29, 1.82) is 0 Å². The minimum Gasteiger partial charge on any atom is -0.305 e. The van der Waals surface area contributed by atoms with Gasteiger partial charge in [0.05, 0.1) is 17.1 Å². The normalized spacial score (nSPS) is 12.7. The number of nitrogens with zero attached hydrogens (tertiary/aromatic N) is 2. The molecule has 1 aromatic heterocycles. The van der Waals surface area contributed by atoms with E-state index in [0.29, 0.717) is 0 Å². The van der Waals surface area contributed by atoms with Crippen molar-refractivity contribution in [1.82, 2.24) is 14.9 Å². The molecule has 0 radical (unpaired) electrons. The quantitative estimate of drug-likeness (QED) is 0.774. The van der Waals surface area contributed by atoms with Gasteiger partial charge >= 0.3 is 0 Å². The lowest BCUT2D eigenvalue weighted by atomic mass is 10.0. The Bertz CT molecular complexity index is 679. The summed E-state index contributed by atoms with van der Waals surface area (Å²) in [7, 11) is 0. The van der Waals surface area contributed by atoms with Crippen LogP contribution >= 0.6 is 11.5 Å². The molecule has 0 aliphatic carbocycles. The lowest BCUT2D eigenvalue weighted by Gasteiger charge is -2.17. The summed E-state index contributed by atoms with van der Waals surface area (Å²) in [5.41, 5.74) is 1.27. The van der Waals surface area contributed by atoms with E-state index in [0.717, 1.165) is 17.8 Å². The maximum absolute atomic E-state index is 3.99. The van der Waals surface area contributed by atoms with E-state index in [-0.39, 0.29) is 6.04 Å². The molecule has 3 rings (SSSR count). The van der Waals surface area contributed by atoms with Crippen LogP contribution in [0.1, 0.15) is 29.8 Å². The number of hydrogen-bond acceptors (Lipinski definition) is 4. The maximum Gasteiger partial charge on any atom is 0.0703 e. The molecule has 0 spiro atoms. The highest BCUT2D eigenvalue weighted by Crippen LogP contribution is 2.26. The van der Waals surface area contributed by atoms with Crippen molar-refractivity contribution in [3.63, 3.8) is 0 Å². The zero-order valence-corrected chi connectivity index (χ0v) is 12.2. The molecule has 1 heterocycles. The SMILES string of the molecule is CCCNC(c1ccc2ccccc2c1)c1cnns1. The predicted octanol–water partition coefficient (Wildman–Crippen LogP) is 3.78. The molecule has 20 heavy (non-hydrogen) atoms. The van der Waals surface area contributed by atoms with Gasteiger partial charge in [-0.2, -0.15) is 0 Å². The smallest absolute Gasteiger partial charge is 0.0703 e. The molecule has 2 aromatic carbocycles. The highest BCUT2D eigenvalue weighted by molar-refractivity contribution is 7.05. The van der Waals surface area contributed by atoms with Gasteiger partial charge in [-0.1, -0.05) is 47.8 Å². The molecule has 3 nitrogen and oxygen atoms in total. The van der Waals surface area contributed by atoms with Gasteiger partial charge in [0.2, 0.25) is 0 Å². The molecule has 0 aliphatic heterocycles. The Kier molecular flexibility index (Phi) is 4.04. The van der Waals surface area contributed by atoms with Crippen LogP contribution in [0.5, 0.6) is 0 Å². The molecule has 0 aliphatic rings. The van der Waals surface area contributed by atoms with Crippen LogP contribution in [0.4, 0.5) is 0 Å². The van der Waals surface area contributed by atoms with Crippen LogP contribution in [0.25, 0.3) is 10.8 Å². The van der Waals surface area contributed by atoms with E-state index in [4.69, 9.17) is 0 Å². The first kappa shape index (κ1) is 13.2. The summed E-state index contributed by atoms with van der Waals surface area (Å²) < 4.78 is 3.99. The van der Waals surface area contributed by atoms with Crippen molar-refractivity contribution in [2.75, 3.05) is 6.54 Å². The van der Waals surface area contributed by atoms with Crippen molar-refractivity contribution in [2.45, 2.75) is 19.4 Å². The molecule has 1 N–H and O–H groups in total. The van der Waals surface area contributed by atoms with Crippen LogP contribution in [-0.4, -0.2) is 16.1 Å². The van der Waals surface area contributed by atoms with Gasteiger partial charge in [0, 0.05) is 0 Å². The highest BCUT2D eigenvalue weighted by atomic mass is 32.1. The Balaban J connectivity index is 1.99. The number of benzene rings is 2. The fourth-order valence-electron chi connectivity index (χ4n) is 2.36. The largest absolute Gasteiger partial charge is 0.305 e. The Hall–Kier alpha value is -1.78. The van der Waals surface area contributed by atoms with Crippen LogP contribution in [0.15, 0.2) is 48.7 Å². The molecule has 0 saturated heterocycles. The van der Waals surface area contributed by atoms with E-state index in [1.165, 1.54) is 27.9 Å². The second kappa shape index (κ2) is 6.11. The molecule has 0 amide bonds. The second-order valence-corrected chi connectivity index (χ2v) is 5.63. The fraction of sp³-hybridized carbons (Fsp3) is 0.250. The summed E-state index contributed by atoms with van der Waals surface area (Å²) in [6.07, 6.45) is 2.96. The Morgan fingerprint density at radius 2 is 2.00 bits per heavy atom. The summed E-state index contributed by atoms with van der Waals surface area (Å²) in [5, 5.41) is 10.1. The first-order chi connectivity index (χ1) is 9.88. The first-order valence-electron chi connectivity index (χ1n) is 6.88. The third-order valence-electron chi connectivity index (χ3n) is 3.37. The fourth-order valence-corrected chi connectivity index (χ4v) is 2.97. The Morgan fingerprint density at radius 1 is 1.15 bits per heavy atom. The van der Waals surface area contributed by atoms with Gasteiger partial charge in [-0.25, -0.2) is 0 Å². The average Bonchev–Trinajstić information content (AvgIpc) is 3.02. The van der Waals surface area contributed by atoms with Crippen molar-refractivity contribution >= 4 is 22.3 Å². The molecule has 1 unspecified atom stereocenters. The molecule has 0 bridgehead atoms. The van der Waals surface area contributed by atoms with Gasteiger partial charge < -0.3 is 5.32 Å². The highest BCUT2D eigenvalue weighted by Gasteiger charge is 2.15. The second-order valence-electron chi connectivity index (χ2n) is 4.81. The molecular weight excluding hydrogens is 266 g/mol. The topological polar surface area (TPSA) is 37.8 Å². The Labute approximate surface area is 122 Å². The number of fused-ring (bicyclic) bond motifs is 1.